The van der Waals surface area contributed by atoms with Crippen LogP contribution in [0.15, 0.2) is 59.0 Å². The first-order chi connectivity index (χ1) is 19.2. The van der Waals surface area contributed by atoms with E-state index >= 15 is 0 Å². The summed E-state index contributed by atoms with van der Waals surface area (Å²) in [6.45, 7) is 6.25. The number of rotatable bonds is 6. The predicted octanol–water partition coefficient (Wildman–Crippen LogP) is 5.20. The number of nitro benzene ring substituents is 1. The molecule has 4 aromatic rings. The maximum Gasteiger partial charge on any atom is 0.270 e. The summed E-state index contributed by atoms with van der Waals surface area (Å²) >= 11 is 5.37. The van der Waals surface area contributed by atoms with Gasteiger partial charge in [-0.05, 0) is 60.1 Å². The van der Waals surface area contributed by atoms with E-state index in [9.17, 15) is 20.0 Å². The zero-order chi connectivity index (χ0) is 28.4. The van der Waals surface area contributed by atoms with E-state index in [1.807, 2.05) is 23.1 Å². The smallest absolute Gasteiger partial charge is 0.270 e. The van der Waals surface area contributed by atoms with Crippen molar-refractivity contribution in [3.05, 3.63) is 75.8 Å². The van der Waals surface area contributed by atoms with Gasteiger partial charge >= 0.3 is 0 Å². The molecule has 1 saturated heterocycles. The Morgan fingerprint density at radius 1 is 1.12 bits per heavy atom. The number of aromatic nitrogens is 1. The summed E-state index contributed by atoms with van der Waals surface area (Å²) in [6.07, 6.45) is 0. The Bertz CT molecular complexity index is 1610. The molecule has 0 bridgehead atoms. The average Bonchev–Trinajstić information content (AvgIpc) is 3.37. The number of fused-ring (bicyclic) bond motifs is 1. The van der Waals surface area contributed by atoms with Crippen molar-refractivity contribution < 1.29 is 24.0 Å². The number of phenols is 1. The Kier molecular flexibility index (Phi) is 7.63. The van der Waals surface area contributed by atoms with Crippen LogP contribution in [0.25, 0.3) is 22.6 Å². The lowest BCUT2D eigenvalue weighted by Crippen LogP contribution is -2.39. The summed E-state index contributed by atoms with van der Waals surface area (Å²) in [4.78, 5) is 30.5. The van der Waals surface area contributed by atoms with Crippen LogP contribution in [0.3, 0.4) is 0 Å². The van der Waals surface area contributed by atoms with E-state index in [4.69, 9.17) is 21.4 Å². The van der Waals surface area contributed by atoms with E-state index in [1.165, 1.54) is 18.2 Å². The van der Waals surface area contributed by atoms with E-state index in [-0.39, 0.29) is 28.0 Å². The molecule has 0 unspecified atom stereocenters. The molecule has 0 radical (unpaired) electrons. The van der Waals surface area contributed by atoms with Crippen molar-refractivity contribution in [1.29, 1.82) is 0 Å². The number of amides is 1. The molecule has 1 aliphatic heterocycles. The van der Waals surface area contributed by atoms with Gasteiger partial charge in [0.05, 0.1) is 35.0 Å². The van der Waals surface area contributed by atoms with Gasteiger partial charge in [-0.2, -0.15) is 0 Å². The molecular weight excluding hydrogens is 534 g/mol. The van der Waals surface area contributed by atoms with Gasteiger partial charge in [-0.1, -0.05) is 19.9 Å². The number of aromatic hydroxyl groups is 1. The molecule has 1 aliphatic rings. The number of non-ortho nitro benzene ring substituents is 1. The van der Waals surface area contributed by atoms with Crippen LogP contribution in [0.2, 0.25) is 0 Å². The number of phenolic OH excluding ortho intramolecular Hbond substituents is 1. The quantitative estimate of drug-likeness (QED) is 0.124. The van der Waals surface area contributed by atoms with Crippen LogP contribution >= 0.6 is 12.2 Å². The van der Waals surface area contributed by atoms with Gasteiger partial charge in [0.25, 0.3) is 11.6 Å². The SMILES string of the molecule is CC(C)c1ccc2oc(-c3cc(NC(=S)NC(=O)c4cc([N+](=O)[O-])ccc4N4CCOCC4)ccc3O)nc2c1. The largest absolute Gasteiger partial charge is 0.507 e. The minimum atomic E-state index is -0.596. The number of nitrogens with zero attached hydrogens (tertiary/aromatic N) is 3. The second-order valence-corrected chi connectivity index (χ2v) is 10.0. The molecule has 0 aliphatic carbocycles. The van der Waals surface area contributed by atoms with Gasteiger partial charge in [-0.25, -0.2) is 4.98 Å². The monoisotopic (exact) mass is 561 g/mol. The summed E-state index contributed by atoms with van der Waals surface area (Å²) < 4.78 is 11.3. The van der Waals surface area contributed by atoms with E-state index in [2.05, 4.69) is 29.5 Å². The van der Waals surface area contributed by atoms with Gasteiger partial charge in [-0.3, -0.25) is 20.2 Å². The lowest BCUT2D eigenvalue weighted by atomic mass is 10.0. The van der Waals surface area contributed by atoms with Crippen LogP contribution < -0.4 is 15.5 Å². The van der Waals surface area contributed by atoms with Gasteiger partial charge in [0, 0.05) is 30.9 Å². The highest BCUT2D eigenvalue weighted by Crippen LogP contribution is 2.34. The number of carbonyl (C=O) groups excluding carboxylic acids is 1. The summed E-state index contributed by atoms with van der Waals surface area (Å²) in [5.41, 5.74) is 3.67. The fraction of sp³-hybridized carbons (Fsp3) is 0.250. The molecule has 0 spiro atoms. The third-order valence-electron chi connectivity index (χ3n) is 6.58. The zero-order valence-electron chi connectivity index (χ0n) is 21.8. The Morgan fingerprint density at radius 3 is 2.62 bits per heavy atom. The number of hydrogen-bond acceptors (Lipinski definition) is 9. The first-order valence-corrected chi connectivity index (χ1v) is 13.1. The van der Waals surface area contributed by atoms with Crippen LogP contribution in [0.5, 0.6) is 5.75 Å². The second-order valence-electron chi connectivity index (χ2n) is 9.60. The maximum atomic E-state index is 13.2. The number of hydrogen-bond donors (Lipinski definition) is 3. The van der Waals surface area contributed by atoms with Crippen LogP contribution in [-0.2, 0) is 4.74 Å². The van der Waals surface area contributed by atoms with E-state index in [1.54, 1.807) is 18.2 Å². The zero-order valence-corrected chi connectivity index (χ0v) is 22.7. The number of oxazole rings is 1. The minimum absolute atomic E-state index is 0.0276. The Hall–Kier alpha value is -4.55. The van der Waals surface area contributed by atoms with Crippen LogP contribution in [0, 0.1) is 10.1 Å². The number of nitro groups is 1. The molecule has 2 heterocycles. The summed E-state index contributed by atoms with van der Waals surface area (Å²) in [5, 5.41) is 27.4. The second kappa shape index (κ2) is 11.3. The van der Waals surface area contributed by atoms with Crippen molar-refractivity contribution in [2.75, 3.05) is 36.5 Å². The topological polar surface area (TPSA) is 143 Å². The summed E-state index contributed by atoms with van der Waals surface area (Å²) in [5.74, 6) is -0.0723. The van der Waals surface area contributed by atoms with Crippen LogP contribution in [-0.4, -0.2) is 52.3 Å². The number of ether oxygens (including phenoxy) is 1. The summed E-state index contributed by atoms with van der Waals surface area (Å²) in [6, 6.07) is 14.6. The maximum absolute atomic E-state index is 13.2. The van der Waals surface area contributed by atoms with Crippen molar-refractivity contribution in [3.63, 3.8) is 0 Å². The van der Waals surface area contributed by atoms with Gasteiger partial charge < -0.3 is 24.5 Å². The average molecular weight is 562 g/mol. The number of thiocarbonyl (C=S) groups is 1. The molecule has 0 saturated carbocycles. The number of anilines is 2. The van der Waals surface area contributed by atoms with E-state index in [0.29, 0.717) is 60.3 Å². The van der Waals surface area contributed by atoms with Crippen molar-refractivity contribution in [1.82, 2.24) is 10.3 Å². The van der Waals surface area contributed by atoms with Crippen molar-refractivity contribution >= 4 is 51.4 Å². The summed E-state index contributed by atoms with van der Waals surface area (Å²) in [7, 11) is 0. The molecule has 5 rings (SSSR count). The van der Waals surface area contributed by atoms with E-state index in [0.717, 1.165) is 5.56 Å². The highest BCUT2D eigenvalue weighted by atomic mass is 32.1. The van der Waals surface area contributed by atoms with Gasteiger partial charge in [0.15, 0.2) is 10.7 Å². The van der Waals surface area contributed by atoms with Gasteiger partial charge in [0.1, 0.15) is 11.3 Å². The van der Waals surface area contributed by atoms with Crippen LogP contribution in [0.4, 0.5) is 17.1 Å². The number of benzene rings is 3. The fourth-order valence-electron chi connectivity index (χ4n) is 4.44. The molecule has 1 fully saturated rings. The molecule has 1 amide bonds. The van der Waals surface area contributed by atoms with Crippen molar-refractivity contribution in [2.45, 2.75) is 19.8 Å². The van der Waals surface area contributed by atoms with Crippen molar-refractivity contribution in [2.24, 2.45) is 0 Å². The molecule has 0 atom stereocenters. The van der Waals surface area contributed by atoms with Gasteiger partial charge in [0.2, 0.25) is 5.89 Å². The molecule has 12 heteroatoms. The molecule has 11 nitrogen and oxygen atoms in total. The number of nitrogens with one attached hydrogen (secondary N) is 2. The first-order valence-electron chi connectivity index (χ1n) is 12.7. The molecule has 3 aromatic carbocycles. The molecule has 3 N–H and O–H groups in total. The highest BCUT2D eigenvalue weighted by molar-refractivity contribution is 7.80. The normalized spacial score (nSPS) is 13.4. The third-order valence-corrected chi connectivity index (χ3v) is 6.78. The lowest BCUT2D eigenvalue weighted by molar-refractivity contribution is -0.384. The lowest BCUT2D eigenvalue weighted by Gasteiger charge is -2.30. The molecule has 206 valence electrons. The highest BCUT2D eigenvalue weighted by Gasteiger charge is 2.23. The third kappa shape index (κ3) is 5.72. The number of carbonyl (C=O) groups is 1. The standard InChI is InChI=1S/C28H27N5O6S/c1-16(2)17-3-8-25-22(13-17)30-27(39-25)21-14-18(4-7-24(21)34)29-28(40)31-26(35)20-15-19(33(36)37)5-6-23(20)32-9-11-38-12-10-32/h3-8,13-16,34H,9-12H2,1-2H3,(H2,29,31,35,40). The fourth-order valence-corrected chi connectivity index (χ4v) is 4.65. The van der Waals surface area contributed by atoms with Gasteiger partial charge in [-0.15, -0.1) is 0 Å². The molecular formula is C28H27N5O6S. The minimum Gasteiger partial charge on any atom is -0.507 e. The predicted molar refractivity (Wildman–Crippen MR) is 155 cm³/mol. The molecule has 40 heavy (non-hydrogen) atoms. The Balaban J connectivity index is 1.36. The van der Waals surface area contributed by atoms with Crippen molar-refractivity contribution in [3.8, 4) is 17.2 Å². The number of morpholine rings is 1. The molecule has 1 aromatic heterocycles. The Labute approximate surface area is 234 Å². The van der Waals surface area contributed by atoms with Crippen LogP contribution in [0.1, 0.15) is 35.7 Å². The van der Waals surface area contributed by atoms with E-state index < -0.39 is 10.8 Å². The Morgan fingerprint density at radius 2 is 1.90 bits per heavy atom. The first kappa shape index (κ1) is 27.0.